The van der Waals surface area contributed by atoms with Gasteiger partial charge in [-0.05, 0) is 45.8 Å². The number of nitrogens with one attached hydrogen (secondary N) is 1. The van der Waals surface area contributed by atoms with Gasteiger partial charge in [-0.1, -0.05) is 53.7 Å². The molecule has 1 aliphatic heterocycles. The summed E-state index contributed by atoms with van der Waals surface area (Å²) in [4.78, 5) is 16.0. The maximum Gasteiger partial charge on any atom is 0.259 e. The SMILES string of the molecule is C=C(S/C(C(=O)NCCC1CCCN1C)=C(/C)N)c1cccc(Cl)c1Cl. The highest BCUT2D eigenvalue weighted by Gasteiger charge is 2.21. The van der Waals surface area contributed by atoms with Gasteiger partial charge >= 0.3 is 0 Å². The number of nitrogens with zero attached hydrogens (tertiary/aromatic N) is 1. The van der Waals surface area contributed by atoms with Crippen LogP contribution in [0.1, 0.15) is 31.7 Å². The molecule has 1 heterocycles. The van der Waals surface area contributed by atoms with Crippen LogP contribution in [0.25, 0.3) is 4.91 Å². The number of halogens is 2. The van der Waals surface area contributed by atoms with Gasteiger partial charge in [-0.2, -0.15) is 0 Å². The Bertz CT molecular complexity index is 717. The first kappa shape index (κ1) is 21.2. The van der Waals surface area contributed by atoms with Gasteiger partial charge in [0.1, 0.15) is 0 Å². The normalized spacial score (nSPS) is 18.5. The summed E-state index contributed by atoms with van der Waals surface area (Å²) in [5.74, 6) is -0.185. The minimum Gasteiger partial charge on any atom is -0.401 e. The van der Waals surface area contributed by atoms with E-state index < -0.39 is 0 Å². The highest BCUT2D eigenvalue weighted by atomic mass is 35.5. The number of benzene rings is 1. The summed E-state index contributed by atoms with van der Waals surface area (Å²) in [6.07, 6.45) is 3.34. The fraction of sp³-hybridized carbons (Fsp3) is 0.421. The molecule has 7 heteroatoms. The Morgan fingerprint density at radius 3 is 2.81 bits per heavy atom. The number of rotatable bonds is 7. The van der Waals surface area contributed by atoms with Crippen LogP contribution in [-0.4, -0.2) is 37.0 Å². The van der Waals surface area contributed by atoms with Crippen LogP contribution >= 0.6 is 35.0 Å². The molecule has 1 unspecified atom stereocenters. The third-order valence-electron chi connectivity index (χ3n) is 4.48. The number of likely N-dealkylation sites (tertiary alicyclic amines) is 1. The Balaban J connectivity index is 1.97. The Kier molecular flexibility index (Phi) is 7.89. The molecule has 1 saturated heterocycles. The van der Waals surface area contributed by atoms with E-state index in [0.717, 1.165) is 13.0 Å². The molecular weight excluding hydrogens is 389 g/mol. The summed E-state index contributed by atoms with van der Waals surface area (Å²) in [6.45, 7) is 7.48. The Morgan fingerprint density at radius 1 is 1.46 bits per heavy atom. The Morgan fingerprint density at radius 2 is 2.19 bits per heavy atom. The zero-order chi connectivity index (χ0) is 19.3. The molecular formula is C19H25Cl2N3OS. The van der Waals surface area contributed by atoms with Crippen LogP contribution in [-0.2, 0) is 4.79 Å². The molecule has 0 spiro atoms. The molecule has 26 heavy (non-hydrogen) atoms. The molecule has 1 aromatic rings. The molecule has 1 atom stereocenters. The van der Waals surface area contributed by atoms with Crippen molar-refractivity contribution in [2.45, 2.75) is 32.2 Å². The first-order valence-electron chi connectivity index (χ1n) is 8.57. The summed E-state index contributed by atoms with van der Waals surface area (Å²) in [7, 11) is 2.13. The monoisotopic (exact) mass is 413 g/mol. The van der Waals surface area contributed by atoms with Gasteiger partial charge in [0.25, 0.3) is 5.91 Å². The first-order valence-corrected chi connectivity index (χ1v) is 10.1. The number of allylic oxidation sites excluding steroid dienone is 1. The standard InChI is InChI=1S/C19H25Cl2N3OS/c1-12(22)18(19(25)23-10-9-14-6-5-11-24(14)3)26-13(2)15-7-4-8-16(20)17(15)21/h4,7-8,14H,2,5-6,9-11,22H2,1,3H3,(H,23,25)/b18-12-. The highest BCUT2D eigenvalue weighted by molar-refractivity contribution is 8.12. The quantitative estimate of drug-likeness (QED) is 0.646. The van der Waals surface area contributed by atoms with Crippen LogP contribution in [0.5, 0.6) is 0 Å². The predicted molar refractivity (Wildman–Crippen MR) is 113 cm³/mol. The summed E-state index contributed by atoms with van der Waals surface area (Å²) >= 11 is 13.5. The summed E-state index contributed by atoms with van der Waals surface area (Å²) in [6, 6.07) is 5.87. The lowest BCUT2D eigenvalue weighted by atomic mass is 10.1. The maximum atomic E-state index is 12.6. The van der Waals surface area contributed by atoms with Crippen LogP contribution in [0.4, 0.5) is 0 Å². The molecule has 0 saturated carbocycles. The molecule has 3 N–H and O–H groups in total. The number of carbonyl (C=O) groups is 1. The van der Waals surface area contributed by atoms with E-state index in [2.05, 4.69) is 23.8 Å². The topological polar surface area (TPSA) is 58.4 Å². The maximum absolute atomic E-state index is 12.6. The average Bonchev–Trinajstić information content (AvgIpc) is 2.99. The number of nitrogens with two attached hydrogens (primary N) is 1. The minimum absolute atomic E-state index is 0.185. The molecule has 1 aliphatic rings. The van der Waals surface area contributed by atoms with Crippen molar-refractivity contribution < 1.29 is 4.79 Å². The molecule has 0 aliphatic carbocycles. The third kappa shape index (κ3) is 5.43. The van der Waals surface area contributed by atoms with Crippen molar-refractivity contribution in [3.63, 3.8) is 0 Å². The zero-order valence-corrected chi connectivity index (χ0v) is 17.5. The second-order valence-corrected chi connectivity index (χ2v) is 8.35. The lowest BCUT2D eigenvalue weighted by Crippen LogP contribution is -2.32. The van der Waals surface area contributed by atoms with Gasteiger partial charge in [0.15, 0.2) is 0 Å². The number of thioether (sulfide) groups is 1. The van der Waals surface area contributed by atoms with Crippen molar-refractivity contribution >= 4 is 45.8 Å². The number of hydrogen-bond acceptors (Lipinski definition) is 4. The lowest BCUT2D eigenvalue weighted by molar-refractivity contribution is -0.116. The molecule has 142 valence electrons. The van der Waals surface area contributed by atoms with E-state index in [-0.39, 0.29) is 5.91 Å². The van der Waals surface area contributed by atoms with Gasteiger partial charge in [0, 0.05) is 28.8 Å². The van der Waals surface area contributed by atoms with Gasteiger partial charge in [0.2, 0.25) is 0 Å². The molecule has 1 fully saturated rings. The fourth-order valence-electron chi connectivity index (χ4n) is 2.98. The van der Waals surface area contributed by atoms with Gasteiger partial charge in [-0.15, -0.1) is 0 Å². The second kappa shape index (κ2) is 9.70. The molecule has 2 rings (SSSR count). The van der Waals surface area contributed by atoms with Crippen LogP contribution in [0.15, 0.2) is 35.4 Å². The summed E-state index contributed by atoms with van der Waals surface area (Å²) in [5.41, 5.74) is 7.08. The Hall–Kier alpha value is -1.14. The van der Waals surface area contributed by atoms with E-state index in [4.69, 9.17) is 28.9 Å². The van der Waals surface area contributed by atoms with Gasteiger partial charge in [-0.25, -0.2) is 0 Å². The van der Waals surface area contributed by atoms with E-state index in [1.54, 1.807) is 19.1 Å². The number of amides is 1. The van der Waals surface area contributed by atoms with Crippen molar-refractivity contribution in [3.8, 4) is 0 Å². The van der Waals surface area contributed by atoms with Gasteiger partial charge < -0.3 is 16.0 Å². The van der Waals surface area contributed by atoms with Crippen molar-refractivity contribution in [3.05, 3.63) is 51.0 Å². The molecule has 4 nitrogen and oxygen atoms in total. The number of hydrogen-bond donors (Lipinski definition) is 2. The van der Waals surface area contributed by atoms with E-state index in [1.165, 1.54) is 24.6 Å². The van der Waals surface area contributed by atoms with Crippen LogP contribution in [0.3, 0.4) is 0 Å². The van der Waals surface area contributed by atoms with Crippen molar-refractivity contribution in [2.24, 2.45) is 5.73 Å². The summed E-state index contributed by atoms with van der Waals surface area (Å²) in [5, 5.41) is 3.84. The highest BCUT2D eigenvalue weighted by Crippen LogP contribution is 2.38. The lowest BCUT2D eigenvalue weighted by Gasteiger charge is -2.19. The van der Waals surface area contributed by atoms with Crippen molar-refractivity contribution in [1.29, 1.82) is 0 Å². The fourth-order valence-corrected chi connectivity index (χ4v) is 4.30. The van der Waals surface area contributed by atoms with Gasteiger partial charge in [0.05, 0.1) is 15.0 Å². The Labute approximate surface area is 169 Å². The van der Waals surface area contributed by atoms with E-state index in [1.807, 2.05) is 6.07 Å². The second-order valence-electron chi connectivity index (χ2n) is 6.46. The average molecular weight is 414 g/mol. The predicted octanol–water partition coefficient (Wildman–Crippen LogP) is 4.49. The number of carbonyl (C=O) groups excluding carboxylic acids is 1. The van der Waals surface area contributed by atoms with Crippen molar-refractivity contribution in [1.82, 2.24) is 10.2 Å². The van der Waals surface area contributed by atoms with E-state index in [0.29, 0.717) is 43.7 Å². The molecule has 0 bridgehead atoms. The van der Waals surface area contributed by atoms with Crippen molar-refractivity contribution in [2.75, 3.05) is 20.1 Å². The van der Waals surface area contributed by atoms with E-state index in [9.17, 15) is 4.79 Å². The molecule has 0 aromatic heterocycles. The zero-order valence-electron chi connectivity index (χ0n) is 15.1. The van der Waals surface area contributed by atoms with Crippen LogP contribution in [0.2, 0.25) is 10.0 Å². The smallest absolute Gasteiger partial charge is 0.259 e. The summed E-state index contributed by atoms with van der Waals surface area (Å²) < 4.78 is 0. The first-order chi connectivity index (χ1) is 12.3. The third-order valence-corrected chi connectivity index (χ3v) is 6.47. The molecule has 1 aromatic carbocycles. The van der Waals surface area contributed by atoms with Crippen LogP contribution in [0, 0.1) is 0 Å². The van der Waals surface area contributed by atoms with E-state index >= 15 is 0 Å². The van der Waals surface area contributed by atoms with Gasteiger partial charge in [-0.3, -0.25) is 4.79 Å². The van der Waals surface area contributed by atoms with Crippen LogP contribution < -0.4 is 11.1 Å². The minimum atomic E-state index is -0.185. The molecule has 1 amide bonds. The largest absolute Gasteiger partial charge is 0.401 e. The molecule has 0 radical (unpaired) electrons.